The van der Waals surface area contributed by atoms with Gasteiger partial charge in [-0.25, -0.2) is 13.1 Å². The molecule has 2 N–H and O–H groups in total. The molecule has 0 radical (unpaired) electrons. The topological polar surface area (TPSA) is 111 Å². The highest BCUT2D eigenvalue weighted by Crippen LogP contribution is 2.51. The van der Waals surface area contributed by atoms with E-state index in [1.807, 2.05) is 43.3 Å². The maximum absolute atomic E-state index is 13.5. The van der Waals surface area contributed by atoms with Crippen molar-refractivity contribution in [3.05, 3.63) is 77.4 Å². The molecule has 3 aromatic carbocycles. The van der Waals surface area contributed by atoms with Gasteiger partial charge in [0.05, 0.1) is 30.1 Å². The number of benzene rings is 3. The van der Waals surface area contributed by atoms with Crippen molar-refractivity contribution in [2.24, 2.45) is 0 Å². The Bertz CT molecular complexity index is 1430. The van der Waals surface area contributed by atoms with Crippen LogP contribution in [0.3, 0.4) is 0 Å². The maximum Gasteiger partial charge on any atom is 0.240 e. The largest absolute Gasteiger partial charge is 0.454 e. The van der Waals surface area contributed by atoms with Gasteiger partial charge in [0.1, 0.15) is 5.78 Å². The molecular formula is C29H31NO7S. The van der Waals surface area contributed by atoms with Gasteiger partial charge in [0.25, 0.3) is 0 Å². The predicted octanol–water partition coefficient (Wildman–Crippen LogP) is 3.52. The minimum absolute atomic E-state index is 0.107. The quantitative estimate of drug-likeness (QED) is 0.340. The van der Waals surface area contributed by atoms with Crippen LogP contribution in [0, 0.1) is 6.92 Å². The first kappa shape index (κ1) is 26.4. The van der Waals surface area contributed by atoms with Crippen LogP contribution in [0.5, 0.6) is 11.5 Å². The molecule has 0 atom stereocenters. The number of rotatable bonds is 12. The Labute approximate surface area is 222 Å². The maximum atomic E-state index is 13.5. The SMILES string of the molecule is Cc1ccc(CC(=O)C2(c3ccc4c(c3)OCO4)CC2)cc1-c1ccc(S(=O)(=O)NCCOCCO)cc1. The smallest absolute Gasteiger partial charge is 0.240 e. The van der Waals surface area contributed by atoms with Crippen LogP contribution in [-0.4, -0.2) is 52.5 Å². The Hall–Kier alpha value is -3.24. The van der Waals surface area contributed by atoms with Crippen molar-refractivity contribution in [3.63, 3.8) is 0 Å². The van der Waals surface area contributed by atoms with Crippen LogP contribution in [0.1, 0.15) is 29.5 Å². The summed E-state index contributed by atoms with van der Waals surface area (Å²) in [6.07, 6.45) is 1.96. The molecule has 3 aromatic rings. The fourth-order valence-electron chi connectivity index (χ4n) is 4.80. The molecule has 0 saturated heterocycles. The van der Waals surface area contributed by atoms with Crippen molar-refractivity contribution in [2.45, 2.75) is 36.5 Å². The first-order valence-electron chi connectivity index (χ1n) is 12.6. The Morgan fingerprint density at radius 1 is 1.00 bits per heavy atom. The third-order valence-corrected chi connectivity index (χ3v) is 8.60. The van der Waals surface area contributed by atoms with Crippen LogP contribution in [0.2, 0.25) is 0 Å². The van der Waals surface area contributed by atoms with E-state index in [1.54, 1.807) is 24.3 Å². The van der Waals surface area contributed by atoms with Crippen molar-refractivity contribution in [1.29, 1.82) is 0 Å². The van der Waals surface area contributed by atoms with Gasteiger partial charge in [-0.1, -0.05) is 36.4 Å². The first-order chi connectivity index (χ1) is 18.3. The van der Waals surface area contributed by atoms with Crippen molar-refractivity contribution in [3.8, 4) is 22.6 Å². The lowest BCUT2D eigenvalue weighted by Gasteiger charge is -2.16. The van der Waals surface area contributed by atoms with E-state index in [0.717, 1.165) is 40.7 Å². The number of aryl methyl sites for hydroxylation is 1. The summed E-state index contributed by atoms with van der Waals surface area (Å²) < 4.78 is 43.6. The second-order valence-corrected chi connectivity index (χ2v) is 11.4. The summed E-state index contributed by atoms with van der Waals surface area (Å²) in [7, 11) is -3.67. The summed E-state index contributed by atoms with van der Waals surface area (Å²) in [5, 5.41) is 8.73. The normalized spacial score (nSPS) is 15.4. The highest BCUT2D eigenvalue weighted by molar-refractivity contribution is 7.89. The van der Waals surface area contributed by atoms with Crippen LogP contribution in [0.25, 0.3) is 11.1 Å². The van der Waals surface area contributed by atoms with E-state index < -0.39 is 15.4 Å². The predicted molar refractivity (Wildman–Crippen MR) is 142 cm³/mol. The van der Waals surface area contributed by atoms with Gasteiger partial charge >= 0.3 is 0 Å². The number of hydrogen-bond acceptors (Lipinski definition) is 7. The summed E-state index contributed by atoms with van der Waals surface area (Å²) in [6, 6.07) is 18.5. The Morgan fingerprint density at radius 3 is 2.50 bits per heavy atom. The molecule has 38 heavy (non-hydrogen) atoms. The zero-order valence-corrected chi connectivity index (χ0v) is 22.1. The monoisotopic (exact) mass is 537 g/mol. The second kappa shape index (κ2) is 10.9. The molecule has 8 nitrogen and oxygen atoms in total. The number of hydrogen-bond donors (Lipinski definition) is 2. The van der Waals surface area contributed by atoms with Crippen LogP contribution in [0.4, 0.5) is 0 Å². The van der Waals surface area contributed by atoms with E-state index in [1.165, 1.54) is 0 Å². The fraction of sp³-hybridized carbons (Fsp3) is 0.345. The van der Waals surface area contributed by atoms with Crippen molar-refractivity contribution in [2.75, 3.05) is 33.2 Å². The number of Topliss-reactive ketones (excluding diaryl/α,β-unsaturated/α-hetero) is 1. The molecule has 1 fully saturated rings. The molecule has 0 amide bonds. The fourth-order valence-corrected chi connectivity index (χ4v) is 5.82. The van der Waals surface area contributed by atoms with Crippen molar-refractivity contribution in [1.82, 2.24) is 4.72 Å². The Balaban J connectivity index is 1.29. The molecule has 0 spiro atoms. The molecule has 9 heteroatoms. The molecule has 0 unspecified atom stereocenters. The third-order valence-electron chi connectivity index (χ3n) is 7.13. The minimum Gasteiger partial charge on any atom is -0.454 e. The summed E-state index contributed by atoms with van der Waals surface area (Å²) in [5.74, 6) is 1.58. The molecular weight excluding hydrogens is 506 g/mol. The minimum atomic E-state index is -3.67. The van der Waals surface area contributed by atoms with E-state index in [-0.39, 0.29) is 43.8 Å². The van der Waals surface area contributed by atoms with E-state index in [9.17, 15) is 13.2 Å². The average molecular weight is 538 g/mol. The lowest BCUT2D eigenvalue weighted by atomic mass is 9.87. The number of sulfonamides is 1. The lowest BCUT2D eigenvalue weighted by molar-refractivity contribution is -0.120. The average Bonchev–Trinajstić information content (AvgIpc) is 3.60. The van der Waals surface area contributed by atoms with E-state index in [0.29, 0.717) is 17.9 Å². The van der Waals surface area contributed by atoms with E-state index >= 15 is 0 Å². The van der Waals surface area contributed by atoms with Crippen LogP contribution >= 0.6 is 0 Å². The molecule has 1 aliphatic heterocycles. The lowest BCUT2D eigenvalue weighted by Crippen LogP contribution is -2.27. The summed E-state index contributed by atoms with van der Waals surface area (Å²) in [4.78, 5) is 13.6. The van der Waals surface area contributed by atoms with Crippen LogP contribution < -0.4 is 14.2 Å². The van der Waals surface area contributed by atoms with Gasteiger partial charge in [0, 0.05) is 13.0 Å². The molecule has 1 aliphatic carbocycles. The standard InChI is InChI=1S/C29H31NO7S/c1-20-2-3-21(17-28(32)29(10-11-29)23-6-9-26-27(18-23)37-19-36-26)16-25(20)22-4-7-24(8-5-22)38(33,34)30-12-14-35-15-13-31/h2-9,16,18,30-31H,10-15,17,19H2,1H3. The van der Waals surface area contributed by atoms with Gasteiger partial charge in [-0.2, -0.15) is 0 Å². The van der Waals surface area contributed by atoms with Crippen molar-refractivity contribution >= 4 is 15.8 Å². The van der Waals surface area contributed by atoms with E-state index in [2.05, 4.69) is 4.72 Å². The molecule has 1 heterocycles. The van der Waals surface area contributed by atoms with Crippen LogP contribution in [0.15, 0.2) is 65.6 Å². The zero-order valence-electron chi connectivity index (χ0n) is 21.2. The second-order valence-electron chi connectivity index (χ2n) is 9.66. The van der Waals surface area contributed by atoms with Gasteiger partial charge in [-0.15, -0.1) is 0 Å². The first-order valence-corrected chi connectivity index (χ1v) is 14.1. The van der Waals surface area contributed by atoms with Gasteiger partial charge in [0.2, 0.25) is 16.8 Å². The molecule has 200 valence electrons. The van der Waals surface area contributed by atoms with E-state index in [4.69, 9.17) is 19.3 Å². The van der Waals surface area contributed by atoms with Gasteiger partial charge in [-0.3, -0.25) is 4.79 Å². The summed E-state index contributed by atoms with van der Waals surface area (Å²) in [5.41, 5.74) is 4.29. The molecule has 5 rings (SSSR count). The number of aliphatic hydroxyl groups is 1. The Kier molecular flexibility index (Phi) is 7.54. The highest BCUT2D eigenvalue weighted by Gasteiger charge is 2.50. The molecule has 1 saturated carbocycles. The number of fused-ring (bicyclic) bond motifs is 1. The zero-order chi connectivity index (χ0) is 26.8. The number of carbonyl (C=O) groups is 1. The van der Waals surface area contributed by atoms with Gasteiger partial charge in [-0.05, 0) is 71.8 Å². The molecule has 2 aliphatic rings. The number of ketones is 1. The molecule has 0 aromatic heterocycles. The van der Waals surface area contributed by atoms with Gasteiger partial charge in [0.15, 0.2) is 11.5 Å². The van der Waals surface area contributed by atoms with Crippen molar-refractivity contribution < 1.29 is 32.5 Å². The third kappa shape index (κ3) is 5.47. The number of carbonyl (C=O) groups excluding carboxylic acids is 1. The number of aliphatic hydroxyl groups excluding tert-OH is 1. The van der Waals surface area contributed by atoms with Crippen LogP contribution in [-0.2, 0) is 31.4 Å². The molecule has 0 bridgehead atoms. The number of ether oxygens (including phenoxy) is 3. The Morgan fingerprint density at radius 2 is 1.76 bits per heavy atom. The van der Waals surface area contributed by atoms with Gasteiger partial charge < -0.3 is 19.3 Å². The highest BCUT2D eigenvalue weighted by atomic mass is 32.2. The number of nitrogens with one attached hydrogen (secondary N) is 1. The summed E-state index contributed by atoms with van der Waals surface area (Å²) in [6.45, 7) is 2.55. The summed E-state index contributed by atoms with van der Waals surface area (Å²) >= 11 is 0.